The van der Waals surface area contributed by atoms with Crippen LogP contribution in [-0.4, -0.2) is 12.3 Å². The third-order valence-corrected chi connectivity index (χ3v) is 3.71. The average molecular weight is 251 g/mol. The molecule has 3 rings (SSSR count). The van der Waals surface area contributed by atoms with Gasteiger partial charge in [-0.1, -0.05) is 17.7 Å². The second-order valence-corrected chi connectivity index (χ2v) is 5.20. The number of anilines is 1. The summed E-state index contributed by atoms with van der Waals surface area (Å²) in [5.41, 5.74) is 6.17. The normalized spacial score (nSPS) is 12.9. The molecule has 0 spiro atoms. The Hall–Kier alpha value is -2.09. The first kappa shape index (κ1) is 12.0. The van der Waals surface area contributed by atoms with Crippen LogP contribution in [0.3, 0.4) is 0 Å². The summed E-state index contributed by atoms with van der Waals surface area (Å²) in [5, 5.41) is 3.32. The molecule has 0 amide bonds. The molecule has 0 unspecified atom stereocenters. The van der Waals surface area contributed by atoms with E-state index in [-0.39, 0.29) is 5.78 Å². The summed E-state index contributed by atoms with van der Waals surface area (Å²) >= 11 is 0. The summed E-state index contributed by atoms with van der Waals surface area (Å²) < 4.78 is 0. The molecular weight excluding hydrogens is 234 g/mol. The highest BCUT2D eigenvalue weighted by molar-refractivity contribution is 6.10. The third kappa shape index (κ3) is 2.14. The average Bonchev–Trinajstić information content (AvgIpc) is 2.88. The molecule has 0 aliphatic carbocycles. The fourth-order valence-corrected chi connectivity index (χ4v) is 2.58. The van der Waals surface area contributed by atoms with E-state index in [1.165, 1.54) is 5.56 Å². The van der Waals surface area contributed by atoms with Crippen LogP contribution in [0.2, 0.25) is 0 Å². The molecule has 0 saturated heterocycles. The fourth-order valence-electron chi connectivity index (χ4n) is 2.58. The van der Waals surface area contributed by atoms with Crippen molar-refractivity contribution < 1.29 is 4.79 Å². The van der Waals surface area contributed by atoms with Gasteiger partial charge in [0.15, 0.2) is 5.78 Å². The van der Waals surface area contributed by atoms with Crippen molar-refractivity contribution in [2.24, 2.45) is 0 Å². The molecule has 2 aromatic rings. The van der Waals surface area contributed by atoms with Crippen molar-refractivity contribution in [2.45, 2.75) is 20.3 Å². The van der Waals surface area contributed by atoms with Gasteiger partial charge < -0.3 is 5.32 Å². The Bertz CT molecular complexity index is 658. The number of hydrogen-bond acceptors (Lipinski definition) is 2. The Kier molecular flexibility index (Phi) is 2.86. The molecule has 0 saturated carbocycles. The van der Waals surface area contributed by atoms with Crippen molar-refractivity contribution in [3.63, 3.8) is 0 Å². The predicted octanol–water partition coefficient (Wildman–Crippen LogP) is 3.50. The van der Waals surface area contributed by atoms with Crippen LogP contribution in [0.4, 0.5) is 5.69 Å². The van der Waals surface area contributed by atoms with Gasteiger partial charge >= 0.3 is 0 Å². The molecule has 1 aliphatic heterocycles. The number of fused-ring (bicyclic) bond motifs is 1. The molecule has 0 fully saturated rings. The van der Waals surface area contributed by atoms with E-state index in [9.17, 15) is 4.79 Å². The largest absolute Gasteiger partial charge is 0.384 e. The number of benzene rings is 2. The van der Waals surface area contributed by atoms with E-state index in [4.69, 9.17) is 0 Å². The number of hydrogen-bond donors (Lipinski definition) is 1. The maximum absolute atomic E-state index is 12.6. The maximum Gasteiger partial charge on any atom is 0.193 e. The molecule has 96 valence electrons. The summed E-state index contributed by atoms with van der Waals surface area (Å²) in [4.78, 5) is 12.6. The number of aryl methyl sites for hydroxylation is 2. The van der Waals surface area contributed by atoms with Crippen molar-refractivity contribution >= 4 is 11.5 Å². The number of carbonyl (C=O) groups excluding carboxylic acids is 1. The van der Waals surface area contributed by atoms with Crippen LogP contribution >= 0.6 is 0 Å². The molecule has 2 nitrogen and oxygen atoms in total. The highest BCUT2D eigenvalue weighted by atomic mass is 16.1. The molecule has 0 radical (unpaired) electrons. The Morgan fingerprint density at radius 2 is 1.95 bits per heavy atom. The zero-order valence-electron chi connectivity index (χ0n) is 11.3. The molecule has 1 aliphatic rings. The van der Waals surface area contributed by atoms with E-state index in [0.29, 0.717) is 0 Å². The van der Waals surface area contributed by atoms with Crippen LogP contribution in [-0.2, 0) is 6.42 Å². The van der Waals surface area contributed by atoms with Gasteiger partial charge in [-0.3, -0.25) is 4.79 Å². The number of nitrogens with one attached hydrogen (secondary N) is 1. The lowest BCUT2D eigenvalue weighted by atomic mass is 9.96. The van der Waals surface area contributed by atoms with Gasteiger partial charge in [-0.2, -0.15) is 0 Å². The fraction of sp³-hybridized carbons (Fsp3) is 0.235. The summed E-state index contributed by atoms with van der Waals surface area (Å²) in [6.45, 7) is 4.97. The third-order valence-electron chi connectivity index (χ3n) is 3.71. The topological polar surface area (TPSA) is 29.1 Å². The predicted molar refractivity (Wildman–Crippen MR) is 78.0 cm³/mol. The monoisotopic (exact) mass is 251 g/mol. The van der Waals surface area contributed by atoms with Gasteiger partial charge in [-0.05, 0) is 55.7 Å². The van der Waals surface area contributed by atoms with Crippen LogP contribution in [0, 0.1) is 13.8 Å². The second-order valence-electron chi connectivity index (χ2n) is 5.20. The summed E-state index contributed by atoms with van der Waals surface area (Å²) in [6, 6.07) is 12.0. The van der Waals surface area contributed by atoms with E-state index < -0.39 is 0 Å². The Morgan fingerprint density at radius 1 is 1.11 bits per heavy atom. The zero-order chi connectivity index (χ0) is 13.4. The van der Waals surface area contributed by atoms with Gasteiger partial charge in [0.05, 0.1) is 0 Å². The zero-order valence-corrected chi connectivity index (χ0v) is 11.3. The van der Waals surface area contributed by atoms with E-state index in [1.807, 2.05) is 50.2 Å². The van der Waals surface area contributed by atoms with E-state index in [0.717, 1.165) is 40.9 Å². The quantitative estimate of drug-likeness (QED) is 0.828. The minimum Gasteiger partial charge on any atom is -0.384 e. The maximum atomic E-state index is 12.6. The molecule has 19 heavy (non-hydrogen) atoms. The summed E-state index contributed by atoms with van der Waals surface area (Å²) in [7, 11) is 0. The molecule has 0 aromatic heterocycles. The van der Waals surface area contributed by atoms with Crippen LogP contribution in [0.5, 0.6) is 0 Å². The van der Waals surface area contributed by atoms with Crippen molar-refractivity contribution in [3.05, 3.63) is 64.2 Å². The Labute approximate surface area is 113 Å². The Balaban J connectivity index is 2.02. The molecule has 2 aromatic carbocycles. The van der Waals surface area contributed by atoms with Gasteiger partial charge in [0.25, 0.3) is 0 Å². The standard InChI is InChI=1S/C17H17NO/c1-11-3-4-12(2)15(9-11)17(19)14-5-6-16-13(10-14)7-8-18-16/h3-6,9-10,18H,7-8H2,1-2H3. The molecule has 1 heterocycles. The highest BCUT2D eigenvalue weighted by Gasteiger charge is 2.16. The minimum atomic E-state index is 0.121. The molecular formula is C17H17NO. The smallest absolute Gasteiger partial charge is 0.193 e. The lowest BCUT2D eigenvalue weighted by Gasteiger charge is -2.08. The lowest BCUT2D eigenvalue weighted by molar-refractivity contribution is 0.103. The minimum absolute atomic E-state index is 0.121. The van der Waals surface area contributed by atoms with Crippen LogP contribution in [0.25, 0.3) is 0 Å². The molecule has 0 bridgehead atoms. The van der Waals surface area contributed by atoms with Crippen LogP contribution in [0.15, 0.2) is 36.4 Å². The molecule has 2 heteroatoms. The van der Waals surface area contributed by atoms with Gasteiger partial charge in [0.1, 0.15) is 0 Å². The first-order valence-corrected chi connectivity index (χ1v) is 6.64. The van der Waals surface area contributed by atoms with E-state index >= 15 is 0 Å². The van der Waals surface area contributed by atoms with Crippen molar-refractivity contribution in [2.75, 3.05) is 11.9 Å². The van der Waals surface area contributed by atoms with Gasteiger partial charge in [-0.25, -0.2) is 0 Å². The van der Waals surface area contributed by atoms with E-state index in [2.05, 4.69) is 5.32 Å². The molecule has 0 atom stereocenters. The SMILES string of the molecule is Cc1ccc(C)c(C(=O)c2ccc3c(c2)CCN3)c1. The van der Waals surface area contributed by atoms with Crippen LogP contribution < -0.4 is 5.32 Å². The second kappa shape index (κ2) is 4.54. The Morgan fingerprint density at radius 3 is 2.79 bits per heavy atom. The number of rotatable bonds is 2. The van der Waals surface area contributed by atoms with Gasteiger partial charge in [0, 0.05) is 23.4 Å². The lowest BCUT2D eigenvalue weighted by Crippen LogP contribution is -2.04. The van der Waals surface area contributed by atoms with Gasteiger partial charge in [0.2, 0.25) is 0 Å². The number of ketones is 1. The first-order chi connectivity index (χ1) is 9.15. The highest BCUT2D eigenvalue weighted by Crippen LogP contribution is 2.25. The van der Waals surface area contributed by atoms with Crippen molar-refractivity contribution in [1.82, 2.24) is 0 Å². The molecule has 1 N–H and O–H groups in total. The summed E-state index contributed by atoms with van der Waals surface area (Å²) in [6.07, 6.45) is 1.00. The van der Waals surface area contributed by atoms with Crippen LogP contribution in [0.1, 0.15) is 32.6 Å². The van der Waals surface area contributed by atoms with Crippen molar-refractivity contribution in [1.29, 1.82) is 0 Å². The van der Waals surface area contributed by atoms with Gasteiger partial charge in [-0.15, -0.1) is 0 Å². The first-order valence-electron chi connectivity index (χ1n) is 6.64. The summed E-state index contributed by atoms with van der Waals surface area (Å²) in [5.74, 6) is 0.121. The number of carbonyl (C=O) groups is 1. The van der Waals surface area contributed by atoms with Crippen molar-refractivity contribution in [3.8, 4) is 0 Å². The van der Waals surface area contributed by atoms with E-state index in [1.54, 1.807) is 0 Å².